The van der Waals surface area contributed by atoms with Crippen LogP contribution in [0, 0.1) is 6.92 Å². The highest BCUT2D eigenvalue weighted by molar-refractivity contribution is 5.43. The van der Waals surface area contributed by atoms with Crippen LogP contribution in [0.3, 0.4) is 0 Å². The molecule has 0 amide bonds. The zero-order valence-electron chi connectivity index (χ0n) is 10.7. The molecular weight excluding hydrogens is 269 g/mol. The fourth-order valence-corrected chi connectivity index (χ4v) is 1.85. The minimum absolute atomic E-state index is 0.0488. The van der Waals surface area contributed by atoms with Crippen LogP contribution in [0.5, 0.6) is 0 Å². The van der Waals surface area contributed by atoms with E-state index in [1.165, 1.54) is 29.0 Å². The largest absolute Gasteiger partial charge is 0.416 e. The van der Waals surface area contributed by atoms with Gasteiger partial charge >= 0.3 is 6.18 Å². The molecule has 1 aromatic carbocycles. The van der Waals surface area contributed by atoms with Gasteiger partial charge < -0.3 is 10.3 Å². The van der Waals surface area contributed by atoms with E-state index in [1.807, 2.05) is 0 Å². The van der Waals surface area contributed by atoms with Gasteiger partial charge in [0.1, 0.15) is 0 Å². The van der Waals surface area contributed by atoms with Crippen molar-refractivity contribution in [3.63, 3.8) is 0 Å². The first-order valence-electron chi connectivity index (χ1n) is 5.90. The van der Waals surface area contributed by atoms with Gasteiger partial charge in [-0.3, -0.25) is 4.79 Å². The number of nitrogens with two attached hydrogens (primary N) is 1. The van der Waals surface area contributed by atoms with Crippen LogP contribution in [0.25, 0.3) is 0 Å². The normalized spacial score (nSPS) is 11.6. The lowest BCUT2D eigenvalue weighted by atomic mass is 10.1. The van der Waals surface area contributed by atoms with Gasteiger partial charge in [0.2, 0.25) is 0 Å². The average Bonchev–Trinajstić information content (AvgIpc) is 2.35. The molecule has 0 aliphatic rings. The van der Waals surface area contributed by atoms with Gasteiger partial charge in [0.15, 0.2) is 0 Å². The molecule has 2 N–H and O–H groups in total. The Kier molecular flexibility index (Phi) is 3.57. The SMILES string of the molecule is Cc1cc(=O)n(Cc2cccc(C(F)(F)F)c2)cc1N. The van der Waals surface area contributed by atoms with E-state index in [-0.39, 0.29) is 12.1 Å². The topological polar surface area (TPSA) is 48.0 Å². The van der Waals surface area contributed by atoms with Gasteiger partial charge in [0.25, 0.3) is 5.56 Å². The van der Waals surface area contributed by atoms with Gasteiger partial charge in [-0.25, -0.2) is 0 Å². The number of anilines is 1. The molecule has 0 saturated carbocycles. The van der Waals surface area contributed by atoms with Gasteiger partial charge in [0.05, 0.1) is 17.8 Å². The molecule has 0 spiro atoms. The van der Waals surface area contributed by atoms with Crippen molar-refractivity contribution in [1.82, 2.24) is 4.57 Å². The summed E-state index contributed by atoms with van der Waals surface area (Å²) in [6.07, 6.45) is -2.95. The third-order valence-corrected chi connectivity index (χ3v) is 2.98. The van der Waals surface area contributed by atoms with Crippen molar-refractivity contribution in [2.24, 2.45) is 0 Å². The fraction of sp³-hybridized carbons (Fsp3) is 0.214. The Balaban J connectivity index is 2.36. The maximum atomic E-state index is 12.6. The lowest BCUT2D eigenvalue weighted by Gasteiger charge is -2.11. The minimum Gasteiger partial charge on any atom is -0.397 e. The van der Waals surface area contributed by atoms with Gasteiger partial charge in [0, 0.05) is 12.3 Å². The van der Waals surface area contributed by atoms with Crippen LogP contribution < -0.4 is 11.3 Å². The molecule has 1 heterocycles. The molecule has 106 valence electrons. The monoisotopic (exact) mass is 282 g/mol. The summed E-state index contributed by atoms with van der Waals surface area (Å²) >= 11 is 0. The molecule has 0 bridgehead atoms. The third kappa shape index (κ3) is 3.01. The van der Waals surface area contributed by atoms with Crippen molar-refractivity contribution < 1.29 is 13.2 Å². The third-order valence-electron chi connectivity index (χ3n) is 2.98. The minimum atomic E-state index is -4.40. The number of rotatable bonds is 2. The first-order chi connectivity index (χ1) is 9.27. The van der Waals surface area contributed by atoms with Gasteiger partial charge in [-0.15, -0.1) is 0 Å². The Labute approximate surface area is 113 Å². The summed E-state index contributed by atoms with van der Waals surface area (Å²) in [6.45, 7) is 1.75. The molecule has 0 fully saturated rings. The van der Waals surface area contributed by atoms with Crippen LogP contribution in [0.1, 0.15) is 16.7 Å². The zero-order chi connectivity index (χ0) is 14.9. The van der Waals surface area contributed by atoms with Crippen molar-refractivity contribution in [3.05, 3.63) is 63.6 Å². The van der Waals surface area contributed by atoms with Crippen molar-refractivity contribution in [3.8, 4) is 0 Å². The molecule has 3 nitrogen and oxygen atoms in total. The summed E-state index contributed by atoms with van der Waals surface area (Å²) in [5, 5.41) is 0. The maximum Gasteiger partial charge on any atom is 0.416 e. The van der Waals surface area contributed by atoms with E-state index in [0.717, 1.165) is 12.1 Å². The number of nitrogen functional groups attached to an aromatic ring is 1. The van der Waals surface area contributed by atoms with Gasteiger partial charge in [-0.05, 0) is 30.2 Å². The van der Waals surface area contributed by atoms with E-state index >= 15 is 0 Å². The second-order valence-corrected chi connectivity index (χ2v) is 4.58. The highest BCUT2D eigenvalue weighted by Crippen LogP contribution is 2.29. The van der Waals surface area contributed by atoms with Crippen molar-refractivity contribution >= 4 is 5.69 Å². The highest BCUT2D eigenvalue weighted by atomic mass is 19.4. The van der Waals surface area contributed by atoms with Gasteiger partial charge in [-0.1, -0.05) is 12.1 Å². The standard InChI is InChI=1S/C14H13F3N2O/c1-9-5-13(20)19(8-12(9)18)7-10-3-2-4-11(6-10)14(15,16)17/h2-6,8H,7,18H2,1H3. The first-order valence-corrected chi connectivity index (χ1v) is 5.90. The second kappa shape index (κ2) is 5.03. The van der Waals surface area contributed by atoms with Crippen LogP contribution in [0.4, 0.5) is 18.9 Å². The van der Waals surface area contributed by atoms with Crippen LogP contribution in [-0.4, -0.2) is 4.57 Å². The smallest absolute Gasteiger partial charge is 0.397 e. The maximum absolute atomic E-state index is 12.6. The Morgan fingerprint density at radius 2 is 1.95 bits per heavy atom. The number of nitrogens with zero attached hydrogens (tertiary/aromatic N) is 1. The number of benzene rings is 1. The molecule has 0 saturated heterocycles. The molecule has 0 radical (unpaired) electrons. The average molecular weight is 282 g/mol. The lowest BCUT2D eigenvalue weighted by molar-refractivity contribution is -0.137. The summed E-state index contributed by atoms with van der Waals surface area (Å²) in [5.74, 6) is 0. The van der Waals surface area contributed by atoms with Crippen LogP contribution in [0.2, 0.25) is 0 Å². The van der Waals surface area contributed by atoms with E-state index < -0.39 is 11.7 Å². The van der Waals surface area contributed by atoms with E-state index in [9.17, 15) is 18.0 Å². The quantitative estimate of drug-likeness (QED) is 0.920. The number of hydrogen-bond acceptors (Lipinski definition) is 2. The highest BCUT2D eigenvalue weighted by Gasteiger charge is 2.30. The molecular formula is C14H13F3N2O. The van der Waals surface area contributed by atoms with Crippen molar-refractivity contribution in [2.75, 3.05) is 5.73 Å². The van der Waals surface area contributed by atoms with E-state index in [4.69, 9.17) is 5.73 Å². The number of hydrogen-bond donors (Lipinski definition) is 1. The Hall–Kier alpha value is -2.24. The molecule has 6 heteroatoms. The number of pyridine rings is 1. The van der Waals surface area contributed by atoms with Crippen molar-refractivity contribution in [2.45, 2.75) is 19.6 Å². The number of halogens is 3. The Morgan fingerprint density at radius 3 is 2.60 bits per heavy atom. The number of alkyl halides is 3. The number of aryl methyl sites for hydroxylation is 1. The molecule has 0 atom stereocenters. The summed E-state index contributed by atoms with van der Waals surface area (Å²) in [6, 6.07) is 6.25. The van der Waals surface area contributed by atoms with Crippen molar-refractivity contribution in [1.29, 1.82) is 0 Å². The second-order valence-electron chi connectivity index (χ2n) is 4.58. The predicted molar refractivity (Wildman–Crippen MR) is 70.4 cm³/mol. The van der Waals surface area contributed by atoms with Crippen LogP contribution >= 0.6 is 0 Å². The molecule has 0 unspecified atom stereocenters. The van der Waals surface area contributed by atoms with E-state index in [1.54, 1.807) is 6.92 Å². The first kappa shape index (κ1) is 14.2. The summed E-state index contributed by atoms with van der Waals surface area (Å²) in [7, 11) is 0. The predicted octanol–water partition coefficient (Wildman–Crippen LogP) is 2.81. The summed E-state index contributed by atoms with van der Waals surface area (Å²) < 4.78 is 39.1. The molecule has 1 aromatic heterocycles. The Bertz CT molecular complexity index is 690. The zero-order valence-corrected chi connectivity index (χ0v) is 10.7. The molecule has 0 aliphatic heterocycles. The van der Waals surface area contributed by atoms with E-state index in [0.29, 0.717) is 16.8 Å². The molecule has 0 aliphatic carbocycles. The number of aromatic nitrogens is 1. The molecule has 20 heavy (non-hydrogen) atoms. The lowest BCUT2D eigenvalue weighted by Crippen LogP contribution is -2.21. The molecule has 2 rings (SSSR count). The summed E-state index contributed by atoms with van der Waals surface area (Å²) in [4.78, 5) is 11.8. The van der Waals surface area contributed by atoms with Crippen LogP contribution in [-0.2, 0) is 12.7 Å². The summed E-state index contributed by atoms with van der Waals surface area (Å²) in [5.41, 5.74) is 6.14. The Morgan fingerprint density at radius 1 is 1.25 bits per heavy atom. The van der Waals surface area contributed by atoms with E-state index in [2.05, 4.69) is 0 Å². The molecule has 2 aromatic rings. The van der Waals surface area contributed by atoms with Gasteiger partial charge in [-0.2, -0.15) is 13.2 Å². The van der Waals surface area contributed by atoms with Crippen LogP contribution in [0.15, 0.2) is 41.3 Å². The fourth-order valence-electron chi connectivity index (χ4n) is 1.85.